The molecule has 1 aromatic carbocycles. The van der Waals surface area contributed by atoms with Gasteiger partial charge in [-0.15, -0.1) is 0 Å². The molecule has 0 heterocycles. The van der Waals surface area contributed by atoms with Crippen LogP contribution in [-0.4, -0.2) is 25.7 Å². The van der Waals surface area contributed by atoms with Gasteiger partial charge in [-0.2, -0.15) is 0 Å². The number of aryl methyl sites for hydroxylation is 1. The predicted octanol–water partition coefficient (Wildman–Crippen LogP) is 2.21. The Bertz CT molecular complexity index is 543. The molecule has 1 aliphatic carbocycles. The monoisotopic (exact) mass is 297 g/mol. The van der Waals surface area contributed by atoms with Gasteiger partial charge >= 0.3 is 0 Å². The highest BCUT2D eigenvalue weighted by Crippen LogP contribution is 2.31. The largest absolute Gasteiger partial charge is 0.389 e. The van der Waals surface area contributed by atoms with Gasteiger partial charge in [0, 0.05) is 6.54 Å². The second-order valence-corrected chi connectivity index (χ2v) is 7.81. The molecule has 20 heavy (non-hydrogen) atoms. The van der Waals surface area contributed by atoms with Gasteiger partial charge in [-0.05, 0) is 50.7 Å². The lowest BCUT2D eigenvalue weighted by molar-refractivity contribution is -0.00182. The Morgan fingerprint density at radius 2 is 1.80 bits per heavy atom. The highest BCUT2D eigenvalue weighted by atomic mass is 32.2. The third-order valence-electron chi connectivity index (χ3n) is 4.13. The molecule has 0 radical (unpaired) electrons. The number of nitrogens with one attached hydrogen (secondary N) is 1. The van der Waals surface area contributed by atoms with Crippen molar-refractivity contribution in [1.82, 2.24) is 4.72 Å². The van der Waals surface area contributed by atoms with E-state index in [9.17, 15) is 13.5 Å². The summed E-state index contributed by atoms with van der Waals surface area (Å²) in [5.74, 6) is 0.615. The molecule has 0 unspecified atom stereocenters. The first-order valence-corrected chi connectivity index (χ1v) is 8.58. The summed E-state index contributed by atoms with van der Waals surface area (Å²) in [6.07, 6.45) is 3.21. The zero-order chi connectivity index (χ0) is 14.8. The van der Waals surface area contributed by atoms with E-state index in [4.69, 9.17) is 0 Å². The number of aliphatic hydroxyl groups is 1. The van der Waals surface area contributed by atoms with Gasteiger partial charge in [-0.3, -0.25) is 0 Å². The van der Waals surface area contributed by atoms with Crippen molar-refractivity contribution in [3.63, 3.8) is 0 Å². The normalized spacial score (nSPS) is 27.4. The third-order valence-corrected chi connectivity index (χ3v) is 5.54. The lowest BCUT2D eigenvalue weighted by atomic mass is 9.80. The van der Waals surface area contributed by atoms with Gasteiger partial charge < -0.3 is 5.11 Å². The van der Waals surface area contributed by atoms with Crippen LogP contribution in [0.4, 0.5) is 0 Å². The summed E-state index contributed by atoms with van der Waals surface area (Å²) in [6.45, 7) is 4.17. The van der Waals surface area contributed by atoms with E-state index in [2.05, 4.69) is 11.6 Å². The van der Waals surface area contributed by atoms with Gasteiger partial charge in [0.1, 0.15) is 0 Å². The molecule has 2 rings (SSSR count). The minimum absolute atomic E-state index is 0.0932. The van der Waals surface area contributed by atoms with Crippen LogP contribution in [-0.2, 0) is 10.0 Å². The van der Waals surface area contributed by atoms with Gasteiger partial charge in [0.2, 0.25) is 10.0 Å². The van der Waals surface area contributed by atoms with Crippen LogP contribution in [0, 0.1) is 12.8 Å². The molecule has 1 fully saturated rings. The van der Waals surface area contributed by atoms with Gasteiger partial charge in [0.05, 0.1) is 10.5 Å². The highest BCUT2D eigenvalue weighted by Gasteiger charge is 2.33. The van der Waals surface area contributed by atoms with Gasteiger partial charge in [0.15, 0.2) is 0 Å². The van der Waals surface area contributed by atoms with Crippen LogP contribution in [0.3, 0.4) is 0 Å². The number of benzene rings is 1. The quantitative estimate of drug-likeness (QED) is 0.895. The highest BCUT2D eigenvalue weighted by molar-refractivity contribution is 7.89. The van der Waals surface area contributed by atoms with E-state index in [-0.39, 0.29) is 11.4 Å². The zero-order valence-corrected chi connectivity index (χ0v) is 12.9. The molecule has 0 saturated heterocycles. The summed E-state index contributed by atoms with van der Waals surface area (Å²) in [5.41, 5.74) is 0.119. The van der Waals surface area contributed by atoms with E-state index in [1.54, 1.807) is 24.3 Å². The minimum atomic E-state index is -3.54. The van der Waals surface area contributed by atoms with Crippen LogP contribution >= 0.6 is 0 Å². The SMILES string of the molecule is Cc1ccc(S(=O)(=O)NCC2(O)CCC(C)CC2)cc1. The summed E-state index contributed by atoms with van der Waals surface area (Å²) in [4.78, 5) is 0.246. The zero-order valence-electron chi connectivity index (χ0n) is 12.1. The molecule has 1 aliphatic rings. The molecule has 0 bridgehead atoms. The van der Waals surface area contributed by atoms with Crippen molar-refractivity contribution in [3.05, 3.63) is 29.8 Å². The Balaban J connectivity index is 2.00. The summed E-state index contributed by atoms with van der Waals surface area (Å²) in [6, 6.07) is 6.71. The molecule has 112 valence electrons. The van der Waals surface area contributed by atoms with E-state index in [1.807, 2.05) is 6.92 Å². The van der Waals surface area contributed by atoms with Crippen molar-refractivity contribution in [1.29, 1.82) is 0 Å². The van der Waals surface area contributed by atoms with Crippen molar-refractivity contribution in [2.45, 2.75) is 50.0 Å². The smallest absolute Gasteiger partial charge is 0.240 e. The fourth-order valence-electron chi connectivity index (χ4n) is 2.51. The molecule has 4 nitrogen and oxygen atoms in total. The van der Waals surface area contributed by atoms with Crippen molar-refractivity contribution >= 4 is 10.0 Å². The average molecular weight is 297 g/mol. The molecule has 0 spiro atoms. The summed E-state index contributed by atoms with van der Waals surface area (Å²) in [5, 5.41) is 10.4. The Labute approximate surface area is 121 Å². The van der Waals surface area contributed by atoms with Crippen LogP contribution in [0.5, 0.6) is 0 Å². The average Bonchev–Trinajstić information content (AvgIpc) is 2.41. The van der Waals surface area contributed by atoms with Crippen molar-refractivity contribution in [3.8, 4) is 0 Å². The lowest BCUT2D eigenvalue weighted by Gasteiger charge is -2.34. The molecular weight excluding hydrogens is 274 g/mol. The molecule has 0 aromatic heterocycles. The van der Waals surface area contributed by atoms with E-state index in [0.29, 0.717) is 18.8 Å². The van der Waals surface area contributed by atoms with Gasteiger partial charge in [-0.25, -0.2) is 13.1 Å². The van der Waals surface area contributed by atoms with E-state index in [0.717, 1.165) is 18.4 Å². The first-order chi connectivity index (χ1) is 9.31. The lowest BCUT2D eigenvalue weighted by Crippen LogP contribution is -2.45. The number of hydrogen-bond donors (Lipinski definition) is 2. The number of sulfonamides is 1. The topological polar surface area (TPSA) is 66.4 Å². The van der Waals surface area contributed by atoms with E-state index >= 15 is 0 Å². The van der Waals surface area contributed by atoms with Crippen molar-refractivity contribution in [2.75, 3.05) is 6.54 Å². The molecule has 0 amide bonds. The Kier molecular flexibility index (Phi) is 4.52. The minimum Gasteiger partial charge on any atom is -0.389 e. The maximum absolute atomic E-state index is 12.2. The third kappa shape index (κ3) is 3.81. The van der Waals surface area contributed by atoms with Crippen LogP contribution in [0.25, 0.3) is 0 Å². The van der Waals surface area contributed by atoms with Gasteiger partial charge in [-0.1, -0.05) is 24.6 Å². The fraction of sp³-hybridized carbons (Fsp3) is 0.600. The Morgan fingerprint density at radius 1 is 1.25 bits per heavy atom. The van der Waals surface area contributed by atoms with Crippen LogP contribution in [0.15, 0.2) is 29.2 Å². The van der Waals surface area contributed by atoms with Gasteiger partial charge in [0.25, 0.3) is 0 Å². The summed E-state index contributed by atoms with van der Waals surface area (Å²) < 4.78 is 26.9. The Hall–Kier alpha value is -0.910. The number of hydrogen-bond acceptors (Lipinski definition) is 3. The van der Waals surface area contributed by atoms with Crippen molar-refractivity contribution in [2.24, 2.45) is 5.92 Å². The molecule has 5 heteroatoms. The second-order valence-electron chi connectivity index (χ2n) is 6.04. The van der Waals surface area contributed by atoms with E-state index in [1.165, 1.54) is 0 Å². The van der Waals surface area contributed by atoms with Crippen LogP contribution in [0.2, 0.25) is 0 Å². The first kappa shape index (κ1) is 15.5. The summed E-state index contributed by atoms with van der Waals surface area (Å²) in [7, 11) is -3.54. The standard InChI is InChI=1S/C15H23NO3S/c1-12-3-5-14(6-4-12)20(18,19)16-11-15(17)9-7-13(2)8-10-15/h3-6,13,16-17H,7-11H2,1-2H3. The molecule has 0 atom stereocenters. The maximum Gasteiger partial charge on any atom is 0.240 e. The fourth-order valence-corrected chi connectivity index (χ4v) is 3.63. The summed E-state index contributed by atoms with van der Waals surface area (Å²) >= 11 is 0. The number of rotatable bonds is 4. The molecule has 2 N–H and O–H groups in total. The van der Waals surface area contributed by atoms with Crippen LogP contribution < -0.4 is 4.72 Å². The Morgan fingerprint density at radius 3 is 2.35 bits per heavy atom. The molecular formula is C15H23NO3S. The molecule has 0 aliphatic heterocycles. The van der Waals surface area contributed by atoms with E-state index < -0.39 is 15.6 Å². The maximum atomic E-state index is 12.2. The molecule has 1 saturated carbocycles. The second kappa shape index (κ2) is 5.84. The first-order valence-electron chi connectivity index (χ1n) is 7.09. The molecule has 1 aromatic rings. The van der Waals surface area contributed by atoms with Crippen LogP contribution in [0.1, 0.15) is 38.2 Å². The predicted molar refractivity (Wildman–Crippen MR) is 78.9 cm³/mol. The van der Waals surface area contributed by atoms with Crippen molar-refractivity contribution < 1.29 is 13.5 Å².